The molecule has 0 aromatic heterocycles. The SMILES string of the molecule is CC(C)[C@@H](N)c1cc(Cl)ccc1I. The number of benzene rings is 1. The van der Waals surface area contributed by atoms with Gasteiger partial charge in [0.1, 0.15) is 0 Å². The number of nitrogens with two attached hydrogens (primary N) is 1. The first-order valence-corrected chi connectivity index (χ1v) is 5.68. The fourth-order valence-corrected chi connectivity index (χ4v) is 2.00. The van der Waals surface area contributed by atoms with E-state index in [0.29, 0.717) is 5.92 Å². The fourth-order valence-electron chi connectivity index (χ4n) is 1.13. The van der Waals surface area contributed by atoms with Gasteiger partial charge in [0, 0.05) is 14.6 Å². The summed E-state index contributed by atoms with van der Waals surface area (Å²) in [5, 5.41) is 0.756. The first-order chi connectivity index (χ1) is 6.02. The van der Waals surface area contributed by atoms with Crippen LogP contribution in [0.4, 0.5) is 0 Å². The van der Waals surface area contributed by atoms with Gasteiger partial charge < -0.3 is 5.73 Å². The first-order valence-electron chi connectivity index (χ1n) is 4.23. The van der Waals surface area contributed by atoms with E-state index in [-0.39, 0.29) is 6.04 Å². The molecular formula is C10H13ClIN. The van der Waals surface area contributed by atoms with Crippen LogP contribution in [0.1, 0.15) is 25.5 Å². The van der Waals surface area contributed by atoms with E-state index in [1.165, 1.54) is 3.57 Å². The van der Waals surface area contributed by atoms with E-state index in [4.69, 9.17) is 17.3 Å². The smallest absolute Gasteiger partial charge is 0.0410 e. The van der Waals surface area contributed by atoms with Crippen LogP contribution in [0.5, 0.6) is 0 Å². The predicted octanol–water partition coefficient (Wildman–Crippen LogP) is 3.60. The minimum absolute atomic E-state index is 0.0746. The van der Waals surface area contributed by atoms with Crippen molar-refractivity contribution in [2.45, 2.75) is 19.9 Å². The maximum absolute atomic E-state index is 6.04. The van der Waals surface area contributed by atoms with Crippen molar-refractivity contribution in [2.75, 3.05) is 0 Å². The molecule has 72 valence electrons. The van der Waals surface area contributed by atoms with Gasteiger partial charge in [-0.05, 0) is 52.3 Å². The molecule has 0 fully saturated rings. The van der Waals surface area contributed by atoms with Gasteiger partial charge >= 0.3 is 0 Å². The summed E-state index contributed by atoms with van der Waals surface area (Å²) in [5.41, 5.74) is 7.19. The van der Waals surface area contributed by atoms with Crippen LogP contribution in [0.2, 0.25) is 5.02 Å². The zero-order valence-corrected chi connectivity index (χ0v) is 10.6. The van der Waals surface area contributed by atoms with Crippen molar-refractivity contribution in [1.29, 1.82) is 0 Å². The highest BCUT2D eigenvalue weighted by molar-refractivity contribution is 14.1. The molecule has 0 aliphatic carbocycles. The third kappa shape index (κ3) is 2.82. The predicted molar refractivity (Wildman–Crippen MR) is 65.9 cm³/mol. The molecule has 0 heterocycles. The van der Waals surface area contributed by atoms with E-state index >= 15 is 0 Å². The Morgan fingerprint density at radius 1 is 1.38 bits per heavy atom. The average Bonchev–Trinajstić information content (AvgIpc) is 2.08. The minimum Gasteiger partial charge on any atom is -0.324 e. The molecule has 0 bridgehead atoms. The molecule has 0 saturated carbocycles. The molecule has 1 atom stereocenters. The number of hydrogen-bond donors (Lipinski definition) is 1. The Kier molecular flexibility index (Phi) is 4.01. The summed E-state index contributed by atoms with van der Waals surface area (Å²) < 4.78 is 1.18. The van der Waals surface area contributed by atoms with E-state index in [1.54, 1.807) is 0 Å². The Hall–Kier alpha value is 0.200. The Bertz CT molecular complexity index is 299. The van der Waals surface area contributed by atoms with Crippen LogP contribution in [0.3, 0.4) is 0 Å². The van der Waals surface area contributed by atoms with Gasteiger partial charge in [-0.1, -0.05) is 25.4 Å². The van der Waals surface area contributed by atoms with E-state index < -0.39 is 0 Å². The van der Waals surface area contributed by atoms with Gasteiger partial charge in [-0.25, -0.2) is 0 Å². The molecule has 1 nitrogen and oxygen atoms in total. The molecule has 0 unspecified atom stereocenters. The molecule has 2 N–H and O–H groups in total. The molecule has 0 aliphatic heterocycles. The summed E-state index contributed by atoms with van der Waals surface area (Å²) in [4.78, 5) is 0. The molecule has 0 amide bonds. The maximum atomic E-state index is 6.04. The zero-order chi connectivity index (χ0) is 10.0. The summed E-state index contributed by atoms with van der Waals surface area (Å²) in [7, 11) is 0. The van der Waals surface area contributed by atoms with Crippen molar-refractivity contribution in [3.8, 4) is 0 Å². The molecule has 3 heteroatoms. The van der Waals surface area contributed by atoms with Gasteiger partial charge in [-0.15, -0.1) is 0 Å². The van der Waals surface area contributed by atoms with Gasteiger partial charge in [0.25, 0.3) is 0 Å². The standard InChI is InChI=1S/C10H13ClIN/c1-6(2)10(13)8-5-7(11)3-4-9(8)12/h3-6,10H,13H2,1-2H3/t10-/m1/s1. The third-order valence-corrected chi connectivity index (χ3v) is 3.25. The Labute approximate surface area is 97.8 Å². The van der Waals surface area contributed by atoms with Crippen LogP contribution < -0.4 is 5.73 Å². The summed E-state index contributed by atoms with van der Waals surface area (Å²) in [6, 6.07) is 5.92. The molecule has 1 rings (SSSR count). The normalized spacial score (nSPS) is 13.4. The maximum Gasteiger partial charge on any atom is 0.0410 e. The zero-order valence-electron chi connectivity index (χ0n) is 7.72. The molecule has 0 aliphatic rings. The van der Waals surface area contributed by atoms with Gasteiger partial charge in [0.15, 0.2) is 0 Å². The monoisotopic (exact) mass is 309 g/mol. The van der Waals surface area contributed by atoms with Crippen LogP contribution in [-0.2, 0) is 0 Å². The second-order valence-electron chi connectivity index (χ2n) is 3.44. The van der Waals surface area contributed by atoms with E-state index in [0.717, 1.165) is 10.6 Å². The molecule has 1 aromatic rings. The summed E-state index contributed by atoms with van der Waals surface area (Å²) in [6.45, 7) is 4.23. The van der Waals surface area contributed by atoms with Crippen molar-refractivity contribution < 1.29 is 0 Å². The van der Waals surface area contributed by atoms with E-state index in [9.17, 15) is 0 Å². The Balaban J connectivity index is 3.05. The van der Waals surface area contributed by atoms with Crippen molar-refractivity contribution in [3.05, 3.63) is 32.4 Å². The lowest BCUT2D eigenvalue weighted by atomic mass is 9.97. The summed E-state index contributed by atoms with van der Waals surface area (Å²) >= 11 is 8.19. The first kappa shape index (κ1) is 11.3. The van der Waals surface area contributed by atoms with E-state index in [2.05, 4.69) is 36.4 Å². The topological polar surface area (TPSA) is 26.0 Å². The molecular weight excluding hydrogens is 296 g/mol. The molecule has 1 aromatic carbocycles. The van der Waals surface area contributed by atoms with Crippen LogP contribution in [0, 0.1) is 9.49 Å². The summed E-state index contributed by atoms with van der Waals surface area (Å²) in [6.07, 6.45) is 0. The van der Waals surface area contributed by atoms with Crippen LogP contribution >= 0.6 is 34.2 Å². The highest BCUT2D eigenvalue weighted by Gasteiger charge is 2.13. The van der Waals surface area contributed by atoms with Crippen molar-refractivity contribution in [3.63, 3.8) is 0 Å². The summed E-state index contributed by atoms with van der Waals surface area (Å²) in [5.74, 6) is 0.437. The van der Waals surface area contributed by atoms with Crippen LogP contribution in [-0.4, -0.2) is 0 Å². The molecule has 13 heavy (non-hydrogen) atoms. The lowest BCUT2D eigenvalue weighted by molar-refractivity contribution is 0.512. The van der Waals surface area contributed by atoms with Gasteiger partial charge in [0.05, 0.1) is 0 Å². The van der Waals surface area contributed by atoms with Gasteiger partial charge in [-0.2, -0.15) is 0 Å². The van der Waals surface area contributed by atoms with Crippen molar-refractivity contribution in [1.82, 2.24) is 0 Å². The third-order valence-electron chi connectivity index (χ3n) is 2.04. The number of hydrogen-bond acceptors (Lipinski definition) is 1. The highest BCUT2D eigenvalue weighted by atomic mass is 127. The lowest BCUT2D eigenvalue weighted by Gasteiger charge is -2.17. The quantitative estimate of drug-likeness (QED) is 0.830. The molecule has 0 radical (unpaired) electrons. The van der Waals surface area contributed by atoms with Crippen LogP contribution in [0.25, 0.3) is 0 Å². The van der Waals surface area contributed by atoms with Crippen LogP contribution in [0.15, 0.2) is 18.2 Å². The number of rotatable bonds is 2. The lowest BCUT2D eigenvalue weighted by Crippen LogP contribution is -2.17. The molecule has 0 spiro atoms. The fraction of sp³-hybridized carbons (Fsp3) is 0.400. The van der Waals surface area contributed by atoms with E-state index in [1.807, 2.05) is 18.2 Å². The largest absolute Gasteiger partial charge is 0.324 e. The van der Waals surface area contributed by atoms with Gasteiger partial charge in [0.2, 0.25) is 0 Å². The Morgan fingerprint density at radius 3 is 2.54 bits per heavy atom. The second-order valence-corrected chi connectivity index (χ2v) is 5.03. The number of halogens is 2. The Morgan fingerprint density at radius 2 is 2.00 bits per heavy atom. The second kappa shape index (κ2) is 4.62. The average molecular weight is 310 g/mol. The molecule has 0 saturated heterocycles. The van der Waals surface area contributed by atoms with Crippen molar-refractivity contribution in [2.24, 2.45) is 11.7 Å². The highest BCUT2D eigenvalue weighted by Crippen LogP contribution is 2.26. The van der Waals surface area contributed by atoms with Gasteiger partial charge in [-0.3, -0.25) is 0 Å². The van der Waals surface area contributed by atoms with Crippen molar-refractivity contribution >= 4 is 34.2 Å². The minimum atomic E-state index is 0.0746.